The zero-order valence-electron chi connectivity index (χ0n) is 15.6. The molecule has 1 aromatic carbocycles. The molecule has 138 valence electrons. The van der Waals surface area contributed by atoms with Gasteiger partial charge in [-0.15, -0.1) is 0 Å². The van der Waals surface area contributed by atoms with Crippen LogP contribution in [0.2, 0.25) is 0 Å². The summed E-state index contributed by atoms with van der Waals surface area (Å²) in [5.41, 5.74) is 4.31. The Morgan fingerprint density at radius 2 is 1.81 bits per heavy atom. The van der Waals surface area contributed by atoms with Crippen LogP contribution in [0.5, 0.6) is 0 Å². The van der Waals surface area contributed by atoms with Crippen LogP contribution >= 0.6 is 0 Å². The number of pyridine rings is 1. The quantitative estimate of drug-likeness (QED) is 0.699. The molecule has 5 nitrogen and oxygen atoms in total. The molecule has 0 saturated carbocycles. The van der Waals surface area contributed by atoms with E-state index in [-0.39, 0.29) is 5.56 Å². The van der Waals surface area contributed by atoms with E-state index in [4.69, 9.17) is 4.98 Å². The molecule has 0 amide bonds. The summed E-state index contributed by atoms with van der Waals surface area (Å²) in [6, 6.07) is 14.1. The van der Waals surface area contributed by atoms with Gasteiger partial charge in [-0.1, -0.05) is 29.8 Å². The average molecular weight is 360 g/mol. The molecular formula is C22H24N4O. The molecule has 0 radical (unpaired) electrons. The molecule has 2 aromatic heterocycles. The van der Waals surface area contributed by atoms with Crippen molar-refractivity contribution in [3.63, 3.8) is 0 Å². The Kier molecular flexibility index (Phi) is 5.01. The smallest absolute Gasteiger partial charge is 0.255 e. The van der Waals surface area contributed by atoms with Gasteiger partial charge in [-0.2, -0.15) is 0 Å². The normalized spacial score (nSPS) is 13.4. The Morgan fingerprint density at radius 3 is 2.59 bits per heavy atom. The lowest BCUT2D eigenvalue weighted by molar-refractivity contribution is 0.527. The number of hydrogen-bond acceptors (Lipinski definition) is 4. The van der Waals surface area contributed by atoms with E-state index in [9.17, 15) is 4.79 Å². The third-order valence-corrected chi connectivity index (χ3v) is 5.07. The molecule has 0 N–H and O–H groups in total. The van der Waals surface area contributed by atoms with Crippen LogP contribution in [0.25, 0.3) is 11.3 Å². The van der Waals surface area contributed by atoms with Crippen LogP contribution in [0.1, 0.15) is 24.0 Å². The summed E-state index contributed by atoms with van der Waals surface area (Å²) in [6.07, 6.45) is 6.51. The average Bonchev–Trinajstić information content (AvgIpc) is 2.70. The molecule has 0 fully saturated rings. The first kappa shape index (κ1) is 17.5. The first-order valence-electron chi connectivity index (χ1n) is 9.53. The second-order valence-corrected chi connectivity index (χ2v) is 7.10. The van der Waals surface area contributed by atoms with Gasteiger partial charge in [0.05, 0.1) is 5.69 Å². The molecule has 1 aliphatic rings. The van der Waals surface area contributed by atoms with Crippen molar-refractivity contribution in [3.05, 3.63) is 76.3 Å². The van der Waals surface area contributed by atoms with Crippen molar-refractivity contribution in [2.24, 2.45) is 0 Å². The molecule has 4 rings (SSSR count). The van der Waals surface area contributed by atoms with E-state index in [0.717, 1.165) is 56.1 Å². The van der Waals surface area contributed by atoms with E-state index < -0.39 is 0 Å². The Balaban J connectivity index is 1.54. The van der Waals surface area contributed by atoms with Crippen molar-refractivity contribution in [2.75, 3.05) is 18.0 Å². The predicted octanol–water partition coefficient (Wildman–Crippen LogP) is 3.46. The van der Waals surface area contributed by atoms with Crippen LogP contribution in [-0.4, -0.2) is 27.6 Å². The standard InChI is InChI=1S/C22H24N4O/c1-17-5-7-18(8-6-17)4-2-13-25-14-3-15-26-21(27)16-20(24-22(25)26)19-9-11-23-12-10-19/h5-12,16H,2-4,13-15H2,1H3. The lowest BCUT2D eigenvalue weighted by Crippen LogP contribution is -2.39. The van der Waals surface area contributed by atoms with Crippen LogP contribution in [0.3, 0.4) is 0 Å². The summed E-state index contributed by atoms with van der Waals surface area (Å²) < 4.78 is 1.81. The number of benzene rings is 1. The van der Waals surface area contributed by atoms with E-state index in [2.05, 4.69) is 41.1 Å². The third-order valence-electron chi connectivity index (χ3n) is 5.07. The SMILES string of the molecule is Cc1ccc(CCCN2CCCn3c2nc(-c2ccncc2)cc3=O)cc1. The first-order valence-corrected chi connectivity index (χ1v) is 9.53. The topological polar surface area (TPSA) is 51.0 Å². The minimum Gasteiger partial charge on any atom is -0.342 e. The summed E-state index contributed by atoms with van der Waals surface area (Å²) in [4.78, 5) is 23.7. The Morgan fingerprint density at radius 1 is 1.04 bits per heavy atom. The van der Waals surface area contributed by atoms with Crippen molar-refractivity contribution in [1.82, 2.24) is 14.5 Å². The van der Waals surface area contributed by atoms with Crippen molar-refractivity contribution in [3.8, 4) is 11.3 Å². The molecule has 1 aliphatic heterocycles. The van der Waals surface area contributed by atoms with Gasteiger partial charge in [-0.25, -0.2) is 4.98 Å². The minimum absolute atomic E-state index is 0.0232. The number of rotatable bonds is 5. The highest BCUT2D eigenvalue weighted by Gasteiger charge is 2.20. The number of aryl methyl sites for hydroxylation is 2. The fourth-order valence-electron chi connectivity index (χ4n) is 3.58. The van der Waals surface area contributed by atoms with Gasteiger partial charge < -0.3 is 4.90 Å². The number of fused-ring (bicyclic) bond motifs is 1. The number of hydrogen-bond donors (Lipinski definition) is 0. The fraction of sp³-hybridized carbons (Fsp3) is 0.318. The van der Waals surface area contributed by atoms with Crippen LogP contribution in [0.15, 0.2) is 59.7 Å². The monoisotopic (exact) mass is 360 g/mol. The number of nitrogens with zero attached hydrogens (tertiary/aromatic N) is 4. The van der Waals surface area contributed by atoms with Crippen LogP contribution in [-0.2, 0) is 13.0 Å². The highest BCUT2D eigenvalue weighted by atomic mass is 16.1. The molecular weight excluding hydrogens is 336 g/mol. The number of anilines is 1. The Hall–Kier alpha value is -2.95. The molecule has 0 bridgehead atoms. The van der Waals surface area contributed by atoms with Gasteiger partial charge in [0.1, 0.15) is 0 Å². The van der Waals surface area contributed by atoms with Gasteiger partial charge in [-0.3, -0.25) is 14.3 Å². The van der Waals surface area contributed by atoms with Crippen LogP contribution < -0.4 is 10.5 Å². The van der Waals surface area contributed by atoms with Crippen molar-refractivity contribution >= 4 is 5.95 Å². The summed E-state index contributed by atoms with van der Waals surface area (Å²) in [5.74, 6) is 0.796. The fourth-order valence-corrected chi connectivity index (χ4v) is 3.58. The molecule has 0 aliphatic carbocycles. The van der Waals surface area contributed by atoms with Gasteiger partial charge >= 0.3 is 0 Å². The molecule has 27 heavy (non-hydrogen) atoms. The first-order chi connectivity index (χ1) is 13.2. The maximum absolute atomic E-state index is 12.6. The molecule has 5 heteroatoms. The molecule has 0 spiro atoms. The largest absolute Gasteiger partial charge is 0.342 e. The lowest BCUT2D eigenvalue weighted by atomic mass is 10.1. The van der Waals surface area contributed by atoms with E-state index >= 15 is 0 Å². The second kappa shape index (κ2) is 7.74. The highest BCUT2D eigenvalue weighted by Crippen LogP contribution is 2.22. The Labute approximate surface area is 159 Å². The molecule has 0 unspecified atom stereocenters. The maximum atomic E-state index is 12.6. The maximum Gasteiger partial charge on any atom is 0.255 e. The summed E-state index contributed by atoms with van der Waals surface area (Å²) >= 11 is 0. The van der Waals surface area contributed by atoms with Crippen LogP contribution in [0.4, 0.5) is 5.95 Å². The summed E-state index contributed by atoms with van der Waals surface area (Å²) in [7, 11) is 0. The van der Waals surface area contributed by atoms with E-state index in [0.29, 0.717) is 0 Å². The zero-order valence-corrected chi connectivity index (χ0v) is 15.6. The molecule has 3 aromatic rings. The summed E-state index contributed by atoms with van der Waals surface area (Å²) in [6.45, 7) is 4.70. The number of aromatic nitrogens is 3. The lowest BCUT2D eigenvalue weighted by Gasteiger charge is -2.31. The highest BCUT2D eigenvalue weighted by molar-refractivity contribution is 5.59. The van der Waals surface area contributed by atoms with Crippen molar-refractivity contribution in [1.29, 1.82) is 0 Å². The van der Waals surface area contributed by atoms with E-state index in [1.165, 1.54) is 11.1 Å². The van der Waals surface area contributed by atoms with Gasteiger partial charge in [-0.05, 0) is 43.9 Å². The summed E-state index contributed by atoms with van der Waals surface area (Å²) in [5, 5.41) is 0. The van der Waals surface area contributed by atoms with E-state index in [1.807, 2.05) is 12.1 Å². The van der Waals surface area contributed by atoms with Crippen molar-refractivity contribution < 1.29 is 0 Å². The minimum atomic E-state index is 0.0232. The van der Waals surface area contributed by atoms with Crippen LogP contribution in [0, 0.1) is 6.92 Å². The van der Waals surface area contributed by atoms with E-state index in [1.54, 1.807) is 23.0 Å². The van der Waals surface area contributed by atoms with Gasteiger partial charge in [0.25, 0.3) is 5.56 Å². The molecule has 0 atom stereocenters. The molecule has 0 saturated heterocycles. The van der Waals surface area contributed by atoms with Gasteiger partial charge in [0.2, 0.25) is 5.95 Å². The van der Waals surface area contributed by atoms with Crippen molar-refractivity contribution in [2.45, 2.75) is 32.7 Å². The predicted molar refractivity (Wildman–Crippen MR) is 108 cm³/mol. The zero-order chi connectivity index (χ0) is 18.6. The Bertz CT molecular complexity index is 964. The van der Waals surface area contributed by atoms with Gasteiger partial charge in [0, 0.05) is 43.7 Å². The van der Waals surface area contributed by atoms with Gasteiger partial charge in [0.15, 0.2) is 0 Å². The third kappa shape index (κ3) is 3.92. The molecule has 3 heterocycles. The second-order valence-electron chi connectivity index (χ2n) is 7.10.